The van der Waals surface area contributed by atoms with Crippen molar-refractivity contribution in [2.75, 3.05) is 7.11 Å². The molecule has 0 aliphatic carbocycles. The van der Waals surface area contributed by atoms with Crippen LogP contribution in [0.15, 0.2) is 54.7 Å². The van der Waals surface area contributed by atoms with Crippen molar-refractivity contribution < 1.29 is 4.74 Å². The summed E-state index contributed by atoms with van der Waals surface area (Å²) in [4.78, 5) is 4.40. The molecule has 1 heterocycles. The van der Waals surface area contributed by atoms with Gasteiger partial charge >= 0.3 is 0 Å². The van der Waals surface area contributed by atoms with Gasteiger partial charge in [-0.15, -0.1) is 0 Å². The molecule has 3 aromatic rings. The predicted molar refractivity (Wildman–Crippen MR) is 78.7 cm³/mol. The fourth-order valence-corrected chi connectivity index (χ4v) is 2.38. The van der Waals surface area contributed by atoms with E-state index in [4.69, 9.17) is 16.3 Å². The van der Waals surface area contributed by atoms with E-state index in [1.807, 2.05) is 36.4 Å². The Hall–Kier alpha value is -2.06. The number of methoxy groups -OCH3 is 1. The molecule has 0 saturated heterocycles. The smallest absolute Gasteiger partial charge is 0.145 e. The normalized spacial score (nSPS) is 10.6. The molecular formula is C16H12ClNO. The molecule has 0 amide bonds. The van der Waals surface area contributed by atoms with Gasteiger partial charge in [-0.3, -0.25) is 4.98 Å². The molecule has 1 aromatic heterocycles. The Morgan fingerprint density at radius 1 is 1.05 bits per heavy atom. The highest BCUT2D eigenvalue weighted by molar-refractivity contribution is 6.31. The minimum Gasteiger partial charge on any atom is -0.494 e. The first kappa shape index (κ1) is 12.0. The molecule has 94 valence electrons. The van der Waals surface area contributed by atoms with Crippen LogP contribution in [-0.4, -0.2) is 12.1 Å². The van der Waals surface area contributed by atoms with Gasteiger partial charge in [-0.1, -0.05) is 41.9 Å². The lowest BCUT2D eigenvalue weighted by Crippen LogP contribution is -1.92. The summed E-state index contributed by atoms with van der Waals surface area (Å²) in [5.41, 5.74) is 3.02. The zero-order valence-electron chi connectivity index (χ0n) is 10.4. The van der Waals surface area contributed by atoms with E-state index in [-0.39, 0.29) is 0 Å². The highest BCUT2D eigenvalue weighted by Crippen LogP contribution is 2.36. The van der Waals surface area contributed by atoms with E-state index < -0.39 is 0 Å². The van der Waals surface area contributed by atoms with Gasteiger partial charge in [0.25, 0.3) is 0 Å². The molecule has 0 saturated carbocycles. The fourth-order valence-electron chi connectivity index (χ4n) is 2.20. The second kappa shape index (κ2) is 4.90. The number of pyridine rings is 1. The molecule has 19 heavy (non-hydrogen) atoms. The van der Waals surface area contributed by atoms with Crippen LogP contribution in [-0.2, 0) is 0 Å². The fraction of sp³-hybridized carbons (Fsp3) is 0.0625. The molecule has 2 nitrogen and oxygen atoms in total. The Kier molecular flexibility index (Phi) is 3.10. The largest absolute Gasteiger partial charge is 0.494 e. The third kappa shape index (κ3) is 2.15. The number of fused-ring (bicyclic) bond motifs is 1. The van der Waals surface area contributed by atoms with E-state index in [2.05, 4.69) is 17.1 Å². The van der Waals surface area contributed by atoms with Crippen LogP contribution in [0.3, 0.4) is 0 Å². The van der Waals surface area contributed by atoms with Gasteiger partial charge in [-0.2, -0.15) is 0 Å². The Bertz CT molecular complexity index is 725. The lowest BCUT2D eigenvalue weighted by molar-refractivity contribution is 0.415. The highest BCUT2D eigenvalue weighted by Gasteiger charge is 2.11. The van der Waals surface area contributed by atoms with Crippen molar-refractivity contribution in [2.24, 2.45) is 0 Å². The number of ether oxygens (including phenoxy) is 1. The maximum absolute atomic E-state index is 6.11. The van der Waals surface area contributed by atoms with Crippen LogP contribution in [0.5, 0.6) is 5.75 Å². The second-order valence-electron chi connectivity index (χ2n) is 4.23. The minimum atomic E-state index is 0.694. The Balaban J connectivity index is 2.39. The molecule has 0 aliphatic heterocycles. The van der Waals surface area contributed by atoms with E-state index in [9.17, 15) is 0 Å². The van der Waals surface area contributed by atoms with Crippen molar-refractivity contribution >= 4 is 22.5 Å². The SMILES string of the molecule is COc1cnc2ccc(Cl)cc2c1-c1ccccc1. The summed E-state index contributed by atoms with van der Waals surface area (Å²) in [7, 11) is 1.65. The molecule has 0 fully saturated rings. The average molecular weight is 270 g/mol. The maximum Gasteiger partial charge on any atom is 0.145 e. The molecule has 2 aromatic carbocycles. The summed E-state index contributed by atoms with van der Waals surface area (Å²) in [6.07, 6.45) is 1.75. The van der Waals surface area contributed by atoms with Crippen molar-refractivity contribution in [3.63, 3.8) is 0 Å². The number of nitrogens with zero attached hydrogens (tertiary/aromatic N) is 1. The number of benzene rings is 2. The van der Waals surface area contributed by atoms with Crippen LogP contribution in [0.4, 0.5) is 0 Å². The van der Waals surface area contributed by atoms with Crippen LogP contribution in [0.2, 0.25) is 5.02 Å². The van der Waals surface area contributed by atoms with Gasteiger partial charge in [0.2, 0.25) is 0 Å². The summed E-state index contributed by atoms with van der Waals surface area (Å²) in [5, 5.41) is 1.69. The van der Waals surface area contributed by atoms with E-state index >= 15 is 0 Å². The standard InChI is InChI=1S/C16H12ClNO/c1-19-15-10-18-14-8-7-12(17)9-13(14)16(15)11-5-3-2-4-6-11/h2-10H,1H3. The van der Waals surface area contributed by atoms with E-state index in [0.717, 1.165) is 27.8 Å². The van der Waals surface area contributed by atoms with Crippen LogP contribution in [0, 0.1) is 0 Å². The van der Waals surface area contributed by atoms with Crippen molar-refractivity contribution in [2.45, 2.75) is 0 Å². The minimum absolute atomic E-state index is 0.694. The van der Waals surface area contributed by atoms with Gasteiger partial charge in [0.1, 0.15) is 5.75 Å². The third-order valence-corrected chi connectivity index (χ3v) is 3.31. The van der Waals surface area contributed by atoms with Gasteiger partial charge in [0.05, 0.1) is 18.8 Å². The molecular weight excluding hydrogens is 258 g/mol. The predicted octanol–water partition coefficient (Wildman–Crippen LogP) is 4.56. The Morgan fingerprint density at radius 2 is 1.84 bits per heavy atom. The zero-order valence-corrected chi connectivity index (χ0v) is 11.2. The van der Waals surface area contributed by atoms with Crippen molar-refractivity contribution in [1.29, 1.82) is 0 Å². The van der Waals surface area contributed by atoms with Crippen molar-refractivity contribution in [3.8, 4) is 16.9 Å². The number of hydrogen-bond donors (Lipinski definition) is 0. The number of rotatable bonds is 2. The Morgan fingerprint density at radius 3 is 2.58 bits per heavy atom. The van der Waals surface area contributed by atoms with Crippen LogP contribution in [0.25, 0.3) is 22.0 Å². The first-order valence-corrected chi connectivity index (χ1v) is 6.35. The summed E-state index contributed by atoms with van der Waals surface area (Å²) < 4.78 is 5.44. The summed E-state index contributed by atoms with van der Waals surface area (Å²) in [5.74, 6) is 0.751. The molecule has 0 unspecified atom stereocenters. The molecule has 0 aliphatic rings. The van der Waals surface area contributed by atoms with Gasteiger partial charge in [-0.05, 0) is 23.8 Å². The van der Waals surface area contributed by atoms with Gasteiger partial charge < -0.3 is 4.74 Å². The average Bonchev–Trinajstić information content (AvgIpc) is 2.46. The molecule has 3 heteroatoms. The second-order valence-corrected chi connectivity index (χ2v) is 4.67. The lowest BCUT2D eigenvalue weighted by Gasteiger charge is -2.11. The summed E-state index contributed by atoms with van der Waals surface area (Å²) in [6, 6.07) is 15.8. The van der Waals surface area contributed by atoms with Crippen LogP contribution >= 0.6 is 11.6 Å². The molecule has 0 bridgehead atoms. The maximum atomic E-state index is 6.11. The first-order valence-electron chi connectivity index (χ1n) is 5.97. The van der Waals surface area contributed by atoms with Crippen LogP contribution in [0.1, 0.15) is 0 Å². The topological polar surface area (TPSA) is 22.1 Å². The van der Waals surface area contributed by atoms with Gasteiger partial charge in [0.15, 0.2) is 0 Å². The van der Waals surface area contributed by atoms with Crippen molar-refractivity contribution in [1.82, 2.24) is 4.98 Å². The quantitative estimate of drug-likeness (QED) is 0.680. The molecule has 0 spiro atoms. The summed E-state index contributed by atoms with van der Waals surface area (Å²) in [6.45, 7) is 0. The number of halogens is 1. The van der Waals surface area contributed by atoms with Gasteiger partial charge in [0, 0.05) is 16.0 Å². The lowest BCUT2D eigenvalue weighted by atomic mass is 10.0. The van der Waals surface area contributed by atoms with E-state index in [0.29, 0.717) is 5.02 Å². The molecule has 0 atom stereocenters. The number of aromatic nitrogens is 1. The van der Waals surface area contributed by atoms with E-state index in [1.54, 1.807) is 13.3 Å². The first-order chi connectivity index (χ1) is 9.29. The monoisotopic (exact) mass is 269 g/mol. The van der Waals surface area contributed by atoms with Crippen LogP contribution < -0.4 is 4.74 Å². The molecule has 3 rings (SSSR count). The Labute approximate surface area is 116 Å². The molecule has 0 radical (unpaired) electrons. The molecule has 0 N–H and O–H groups in total. The van der Waals surface area contributed by atoms with Crippen molar-refractivity contribution in [3.05, 3.63) is 59.8 Å². The highest BCUT2D eigenvalue weighted by atomic mass is 35.5. The van der Waals surface area contributed by atoms with E-state index in [1.165, 1.54) is 0 Å². The summed E-state index contributed by atoms with van der Waals surface area (Å²) >= 11 is 6.11. The third-order valence-electron chi connectivity index (χ3n) is 3.08. The number of hydrogen-bond acceptors (Lipinski definition) is 2. The zero-order chi connectivity index (χ0) is 13.2. The van der Waals surface area contributed by atoms with Gasteiger partial charge in [-0.25, -0.2) is 0 Å².